The number of rotatable bonds is 3. The number of aryl methyl sites for hydroxylation is 1. The van der Waals surface area contributed by atoms with E-state index < -0.39 is 10.8 Å². The van der Waals surface area contributed by atoms with Gasteiger partial charge in [-0.1, -0.05) is 0 Å². The first-order valence-corrected chi connectivity index (χ1v) is 6.10. The van der Waals surface area contributed by atoms with Crippen molar-refractivity contribution < 1.29 is 14.5 Å². The number of amides is 2. The van der Waals surface area contributed by atoms with Crippen LogP contribution in [0.2, 0.25) is 0 Å². The van der Waals surface area contributed by atoms with Gasteiger partial charge < -0.3 is 4.90 Å². The van der Waals surface area contributed by atoms with Gasteiger partial charge in [0.25, 0.3) is 11.6 Å². The molecule has 1 heterocycles. The maximum absolute atomic E-state index is 12.0. The second-order valence-electron chi connectivity index (χ2n) is 4.47. The lowest BCUT2D eigenvalue weighted by molar-refractivity contribution is -0.384. The lowest BCUT2D eigenvalue weighted by Crippen LogP contribution is -2.43. The molecule has 2 rings (SSSR count). The number of nitro groups is 1. The first-order valence-electron chi connectivity index (χ1n) is 6.10. The van der Waals surface area contributed by atoms with Crippen molar-refractivity contribution in [1.29, 1.82) is 0 Å². The Morgan fingerprint density at radius 3 is 2.85 bits per heavy atom. The van der Waals surface area contributed by atoms with Gasteiger partial charge in [-0.15, -0.1) is 0 Å². The van der Waals surface area contributed by atoms with E-state index in [-0.39, 0.29) is 18.1 Å². The maximum atomic E-state index is 12.0. The molecule has 0 spiro atoms. The standard InChI is InChI=1S/C12H14N4O4/c13-14-11(17)7-15-10-5-4-9(16(19)20)6-8(10)2-1-3-12(15)18/h4-6H,1-3,7,13H2,(H,14,17). The number of benzene rings is 1. The molecule has 0 saturated heterocycles. The Balaban J connectivity index is 2.41. The second-order valence-corrected chi connectivity index (χ2v) is 4.47. The number of anilines is 1. The maximum Gasteiger partial charge on any atom is 0.269 e. The van der Waals surface area contributed by atoms with Crippen molar-refractivity contribution in [1.82, 2.24) is 5.43 Å². The summed E-state index contributed by atoms with van der Waals surface area (Å²) >= 11 is 0. The molecule has 1 aromatic carbocycles. The molecule has 0 atom stereocenters. The number of carbonyl (C=O) groups excluding carboxylic acids is 2. The molecule has 0 radical (unpaired) electrons. The van der Waals surface area contributed by atoms with Crippen molar-refractivity contribution >= 4 is 23.2 Å². The molecule has 0 aromatic heterocycles. The zero-order valence-electron chi connectivity index (χ0n) is 10.7. The lowest BCUT2D eigenvalue weighted by Gasteiger charge is -2.21. The van der Waals surface area contributed by atoms with Crippen LogP contribution in [0, 0.1) is 10.1 Å². The van der Waals surface area contributed by atoms with Crippen molar-refractivity contribution in [3.63, 3.8) is 0 Å². The third-order valence-electron chi connectivity index (χ3n) is 3.17. The molecular weight excluding hydrogens is 264 g/mol. The van der Waals surface area contributed by atoms with Gasteiger partial charge in [-0.25, -0.2) is 5.84 Å². The Morgan fingerprint density at radius 1 is 1.45 bits per heavy atom. The fourth-order valence-electron chi connectivity index (χ4n) is 2.21. The zero-order chi connectivity index (χ0) is 14.7. The number of carbonyl (C=O) groups is 2. The second kappa shape index (κ2) is 5.66. The number of nitrogens with one attached hydrogen (secondary N) is 1. The van der Waals surface area contributed by atoms with E-state index >= 15 is 0 Å². The number of nitrogens with two attached hydrogens (primary N) is 1. The van der Waals surface area contributed by atoms with E-state index in [9.17, 15) is 19.7 Å². The molecule has 0 fully saturated rings. The van der Waals surface area contributed by atoms with E-state index in [0.29, 0.717) is 30.5 Å². The molecule has 0 aliphatic carbocycles. The molecule has 0 unspecified atom stereocenters. The summed E-state index contributed by atoms with van der Waals surface area (Å²) in [5, 5.41) is 10.8. The topological polar surface area (TPSA) is 119 Å². The highest BCUT2D eigenvalue weighted by atomic mass is 16.6. The molecule has 8 nitrogen and oxygen atoms in total. The predicted molar refractivity (Wildman–Crippen MR) is 70.7 cm³/mol. The summed E-state index contributed by atoms with van der Waals surface area (Å²) in [4.78, 5) is 35.0. The van der Waals surface area contributed by atoms with Gasteiger partial charge in [-0.2, -0.15) is 0 Å². The highest BCUT2D eigenvalue weighted by Crippen LogP contribution is 2.30. The van der Waals surface area contributed by atoms with Crippen molar-refractivity contribution in [3.05, 3.63) is 33.9 Å². The van der Waals surface area contributed by atoms with Crippen molar-refractivity contribution in [2.75, 3.05) is 11.4 Å². The molecular formula is C12H14N4O4. The Hall–Kier alpha value is -2.48. The number of hydrogen-bond acceptors (Lipinski definition) is 5. The highest BCUT2D eigenvalue weighted by Gasteiger charge is 2.25. The summed E-state index contributed by atoms with van der Waals surface area (Å²) in [6, 6.07) is 4.27. The fraction of sp³-hybridized carbons (Fsp3) is 0.333. The van der Waals surface area contributed by atoms with E-state index in [4.69, 9.17) is 5.84 Å². The van der Waals surface area contributed by atoms with Gasteiger partial charge in [0.15, 0.2) is 0 Å². The number of hydrazine groups is 1. The Morgan fingerprint density at radius 2 is 2.20 bits per heavy atom. The van der Waals surface area contributed by atoms with E-state index in [1.165, 1.54) is 23.1 Å². The van der Waals surface area contributed by atoms with Gasteiger partial charge in [0.05, 0.1) is 4.92 Å². The highest BCUT2D eigenvalue weighted by molar-refractivity contribution is 5.99. The minimum absolute atomic E-state index is 0.0266. The number of nitro benzene ring substituents is 1. The summed E-state index contributed by atoms with van der Waals surface area (Å²) in [5.41, 5.74) is 3.17. The summed E-state index contributed by atoms with van der Waals surface area (Å²) in [6.07, 6.45) is 1.44. The van der Waals surface area contributed by atoms with Crippen LogP contribution in [0.15, 0.2) is 18.2 Å². The largest absolute Gasteiger partial charge is 0.303 e. The molecule has 0 saturated carbocycles. The lowest BCUT2D eigenvalue weighted by atomic mass is 10.1. The van der Waals surface area contributed by atoms with E-state index in [1.807, 2.05) is 5.43 Å². The van der Waals surface area contributed by atoms with Gasteiger partial charge in [-0.3, -0.25) is 25.1 Å². The third kappa shape index (κ3) is 2.75. The van der Waals surface area contributed by atoms with Crippen LogP contribution in [0.3, 0.4) is 0 Å². The molecule has 20 heavy (non-hydrogen) atoms. The van der Waals surface area contributed by atoms with Gasteiger partial charge in [0.2, 0.25) is 5.91 Å². The molecule has 106 valence electrons. The molecule has 2 amide bonds. The minimum Gasteiger partial charge on any atom is -0.303 e. The van der Waals surface area contributed by atoms with Crippen LogP contribution in [0.25, 0.3) is 0 Å². The first kappa shape index (κ1) is 13.9. The van der Waals surface area contributed by atoms with Crippen molar-refractivity contribution in [2.24, 2.45) is 5.84 Å². The number of fused-ring (bicyclic) bond motifs is 1. The SMILES string of the molecule is NNC(=O)CN1C(=O)CCCc2cc([N+](=O)[O-])ccc21. The van der Waals surface area contributed by atoms with Crippen molar-refractivity contribution in [2.45, 2.75) is 19.3 Å². The summed E-state index contributed by atoms with van der Waals surface area (Å²) < 4.78 is 0. The molecule has 1 aromatic rings. The first-order chi connectivity index (χ1) is 9.52. The summed E-state index contributed by atoms with van der Waals surface area (Å²) in [5.74, 6) is 4.34. The molecule has 1 aliphatic rings. The normalized spacial score (nSPS) is 14.4. The molecule has 8 heteroatoms. The van der Waals surface area contributed by atoms with Crippen LogP contribution in [-0.4, -0.2) is 23.3 Å². The van der Waals surface area contributed by atoms with Gasteiger partial charge in [-0.05, 0) is 24.5 Å². The minimum atomic E-state index is -0.496. The van der Waals surface area contributed by atoms with Crippen LogP contribution in [0.5, 0.6) is 0 Å². The number of nitrogens with zero attached hydrogens (tertiary/aromatic N) is 2. The monoisotopic (exact) mass is 278 g/mol. The quantitative estimate of drug-likeness (QED) is 0.355. The summed E-state index contributed by atoms with van der Waals surface area (Å²) in [6.45, 7) is -0.194. The smallest absolute Gasteiger partial charge is 0.269 e. The average molecular weight is 278 g/mol. The predicted octanol–water partition coefficient (Wildman–Crippen LogP) is 0.254. The Bertz CT molecular complexity index is 573. The average Bonchev–Trinajstić information content (AvgIpc) is 2.58. The van der Waals surface area contributed by atoms with Crippen molar-refractivity contribution in [3.8, 4) is 0 Å². The Kier molecular flexibility index (Phi) is 3.94. The van der Waals surface area contributed by atoms with E-state index in [0.717, 1.165) is 0 Å². The summed E-state index contributed by atoms with van der Waals surface area (Å²) in [7, 11) is 0. The molecule has 0 bridgehead atoms. The van der Waals surface area contributed by atoms with Crippen LogP contribution in [0.4, 0.5) is 11.4 Å². The van der Waals surface area contributed by atoms with Gasteiger partial charge in [0.1, 0.15) is 6.54 Å². The van der Waals surface area contributed by atoms with Gasteiger partial charge >= 0.3 is 0 Å². The molecule has 1 aliphatic heterocycles. The van der Waals surface area contributed by atoms with Crippen LogP contribution in [-0.2, 0) is 16.0 Å². The van der Waals surface area contributed by atoms with Gasteiger partial charge in [0, 0.05) is 24.2 Å². The van der Waals surface area contributed by atoms with E-state index in [1.54, 1.807) is 0 Å². The van der Waals surface area contributed by atoms with Crippen LogP contribution < -0.4 is 16.2 Å². The fourth-order valence-corrected chi connectivity index (χ4v) is 2.21. The number of hydrogen-bond donors (Lipinski definition) is 2. The third-order valence-corrected chi connectivity index (χ3v) is 3.17. The van der Waals surface area contributed by atoms with Crippen LogP contribution >= 0.6 is 0 Å². The molecule has 3 N–H and O–H groups in total. The Labute approximate surface area is 114 Å². The zero-order valence-corrected chi connectivity index (χ0v) is 10.7. The number of non-ortho nitro benzene ring substituents is 1. The van der Waals surface area contributed by atoms with Crippen LogP contribution in [0.1, 0.15) is 18.4 Å². The van der Waals surface area contributed by atoms with E-state index in [2.05, 4.69) is 0 Å².